The van der Waals surface area contributed by atoms with E-state index in [4.69, 9.17) is 39.9 Å². The molecule has 0 spiro atoms. The van der Waals surface area contributed by atoms with E-state index in [1.165, 1.54) is 6.07 Å². The van der Waals surface area contributed by atoms with Gasteiger partial charge in [0.2, 0.25) is 0 Å². The summed E-state index contributed by atoms with van der Waals surface area (Å²) in [5.74, 6) is -1.13. The van der Waals surface area contributed by atoms with E-state index >= 15 is 0 Å². The Hall–Kier alpha value is -1.29. The van der Waals surface area contributed by atoms with Gasteiger partial charge in [0.25, 0.3) is 0 Å². The van der Waals surface area contributed by atoms with E-state index in [-0.39, 0.29) is 10.8 Å². The number of benzene rings is 1. The minimum atomic E-state index is -1.13. The molecule has 0 saturated heterocycles. The van der Waals surface area contributed by atoms with Gasteiger partial charge >= 0.3 is 5.97 Å². The zero-order chi connectivity index (χ0) is 13.3. The number of carboxylic acid groups (broad SMARTS) is 1. The molecular formula is C12H6Cl3NO2. The number of hydrogen-bond acceptors (Lipinski definition) is 2. The second kappa shape index (κ2) is 5.14. The molecule has 0 aliphatic heterocycles. The van der Waals surface area contributed by atoms with Gasteiger partial charge in [0, 0.05) is 15.6 Å². The summed E-state index contributed by atoms with van der Waals surface area (Å²) in [4.78, 5) is 14.5. The predicted molar refractivity (Wildman–Crippen MR) is 71.7 cm³/mol. The molecule has 1 heterocycles. The zero-order valence-corrected chi connectivity index (χ0v) is 11.1. The van der Waals surface area contributed by atoms with Crippen LogP contribution in [0.3, 0.4) is 0 Å². The van der Waals surface area contributed by atoms with Gasteiger partial charge in [-0.25, -0.2) is 9.78 Å². The van der Waals surface area contributed by atoms with Crippen molar-refractivity contribution >= 4 is 40.8 Å². The van der Waals surface area contributed by atoms with Crippen LogP contribution in [0.4, 0.5) is 0 Å². The van der Waals surface area contributed by atoms with Crippen LogP contribution < -0.4 is 0 Å². The lowest BCUT2D eigenvalue weighted by molar-refractivity contribution is 0.0690. The Labute approximate surface area is 118 Å². The Morgan fingerprint density at radius 3 is 2.17 bits per heavy atom. The number of hydrogen-bond donors (Lipinski definition) is 1. The molecule has 0 amide bonds. The highest BCUT2D eigenvalue weighted by atomic mass is 35.5. The van der Waals surface area contributed by atoms with Crippen LogP contribution in [0.5, 0.6) is 0 Å². The average Bonchev–Trinajstić information content (AvgIpc) is 2.27. The quantitative estimate of drug-likeness (QED) is 0.836. The molecular weight excluding hydrogens is 296 g/mol. The van der Waals surface area contributed by atoms with E-state index in [1.54, 1.807) is 24.3 Å². The summed E-state index contributed by atoms with van der Waals surface area (Å²) in [6.07, 6.45) is 0. The molecule has 0 atom stereocenters. The molecule has 0 saturated carbocycles. The highest BCUT2D eigenvalue weighted by Crippen LogP contribution is 2.31. The number of carboxylic acids is 1. The third-order valence-corrected chi connectivity index (χ3v) is 2.97. The van der Waals surface area contributed by atoms with E-state index in [0.717, 1.165) is 0 Å². The molecule has 1 N–H and O–H groups in total. The van der Waals surface area contributed by atoms with Gasteiger partial charge in [0.05, 0.1) is 0 Å². The summed E-state index contributed by atoms with van der Waals surface area (Å²) in [6.45, 7) is 0. The van der Waals surface area contributed by atoms with Crippen LogP contribution in [-0.4, -0.2) is 16.1 Å². The van der Waals surface area contributed by atoms with Crippen molar-refractivity contribution < 1.29 is 9.90 Å². The summed E-state index contributed by atoms with van der Waals surface area (Å²) in [6, 6.07) is 7.90. The number of pyridine rings is 1. The van der Waals surface area contributed by atoms with E-state index in [9.17, 15) is 4.79 Å². The van der Waals surface area contributed by atoms with E-state index in [1.807, 2.05) is 0 Å². The third kappa shape index (κ3) is 2.75. The van der Waals surface area contributed by atoms with Crippen molar-refractivity contribution in [1.82, 2.24) is 4.98 Å². The molecule has 18 heavy (non-hydrogen) atoms. The molecule has 2 aromatic rings. The highest BCUT2D eigenvalue weighted by molar-refractivity contribution is 6.35. The fourth-order valence-electron chi connectivity index (χ4n) is 1.48. The summed E-state index contributed by atoms with van der Waals surface area (Å²) in [5.41, 5.74) is 1.14. The maximum Gasteiger partial charge on any atom is 0.354 e. The number of halogens is 3. The first-order valence-corrected chi connectivity index (χ1v) is 5.97. The van der Waals surface area contributed by atoms with Crippen LogP contribution in [-0.2, 0) is 0 Å². The second-order valence-electron chi connectivity index (χ2n) is 3.50. The summed E-state index contributed by atoms with van der Waals surface area (Å²) in [5, 5.41) is 9.82. The number of rotatable bonds is 2. The van der Waals surface area contributed by atoms with Crippen LogP contribution in [0.2, 0.25) is 15.2 Å². The Morgan fingerprint density at radius 1 is 1.06 bits per heavy atom. The molecule has 0 unspecified atom stereocenters. The third-order valence-electron chi connectivity index (χ3n) is 2.24. The van der Waals surface area contributed by atoms with Crippen molar-refractivity contribution in [2.24, 2.45) is 0 Å². The minimum Gasteiger partial charge on any atom is -0.477 e. The first kappa shape index (κ1) is 13.1. The normalized spacial score (nSPS) is 10.4. The van der Waals surface area contributed by atoms with Crippen LogP contribution in [0, 0.1) is 0 Å². The monoisotopic (exact) mass is 301 g/mol. The molecule has 1 aromatic heterocycles. The van der Waals surface area contributed by atoms with E-state index < -0.39 is 5.97 Å². The molecule has 6 heteroatoms. The van der Waals surface area contributed by atoms with Gasteiger partial charge in [-0.15, -0.1) is 0 Å². The maximum absolute atomic E-state index is 10.7. The molecule has 92 valence electrons. The maximum atomic E-state index is 10.7. The fraction of sp³-hybridized carbons (Fsp3) is 0. The molecule has 0 radical (unpaired) electrons. The van der Waals surface area contributed by atoms with Crippen molar-refractivity contribution in [3.8, 4) is 11.1 Å². The predicted octanol–water partition coefficient (Wildman–Crippen LogP) is 4.41. The highest BCUT2D eigenvalue weighted by Gasteiger charge is 2.11. The first-order valence-electron chi connectivity index (χ1n) is 4.83. The largest absolute Gasteiger partial charge is 0.477 e. The van der Waals surface area contributed by atoms with Crippen LogP contribution in [0.15, 0.2) is 30.3 Å². The van der Waals surface area contributed by atoms with Crippen molar-refractivity contribution in [3.05, 3.63) is 51.2 Å². The molecule has 0 aliphatic carbocycles. The Kier molecular flexibility index (Phi) is 3.76. The van der Waals surface area contributed by atoms with Gasteiger partial charge in [-0.05, 0) is 35.9 Å². The Bertz CT molecular complexity index is 608. The molecule has 3 nitrogen and oxygen atoms in total. The number of aromatic carboxylic acids is 1. The van der Waals surface area contributed by atoms with Gasteiger partial charge in [0.15, 0.2) is 0 Å². The van der Waals surface area contributed by atoms with Gasteiger partial charge in [-0.3, -0.25) is 0 Å². The molecule has 0 aliphatic rings. The number of nitrogens with zero attached hydrogens (tertiary/aromatic N) is 1. The van der Waals surface area contributed by atoms with Crippen LogP contribution in [0.1, 0.15) is 10.5 Å². The van der Waals surface area contributed by atoms with Crippen molar-refractivity contribution in [3.63, 3.8) is 0 Å². The van der Waals surface area contributed by atoms with Gasteiger partial charge in [-0.2, -0.15) is 0 Å². The van der Waals surface area contributed by atoms with Crippen molar-refractivity contribution in [1.29, 1.82) is 0 Å². The lowest BCUT2D eigenvalue weighted by Crippen LogP contribution is -2.00. The Morgan fingerprint density at radius 2 is 1.67 bits per heavy atom. The second-order valence-corrected chi connectivity index (χ2v) is 4.73. The number of carbonyl (C=O) groups is 1. The molecule has 2 rings (SSSR count). The smallest absolute Gasteiger partial charge is 0.354 e. The van der Waals surface area contributed by atoms with Crippen molar-refractivity contribution in [2.45, 2.75) is 0 Å². The SMILES string of the molecule is O=C(O)c1ccc(-c2cc(Cl)cc(Cl)c2)c(Cl)n1. The zero-order valence-electron chi connectivity index (χ0n) is 8.82. The minimum absolute atomic E-state index is 0.0910. The van der Waals surface area contributed by atoms with Crippen molar-refractivity contribution in [2.75, 3.05) is 0 Å². The topological polar surface area (TPSA) is 50.2 Å². The Balaban J connectivity index is 2.54. The van der Waals surface area contributed by atoms with Gasteiger partial charge in [-0.1, -0.05) is 34.8 Å². The summed E-state index contributed by atoms with van der Waals surface area (Å²) < 4.78 is 0. The summed E-state index contributed by atoms with van der Waals surface area (Å²) in [7, 11) is 0. The summed E-state index contributed by atoms with van der Waals surface area (Å²) >= 11 is 17.7. The molecule has 0 bridgehead atoms. The van der Waals surface area contributed by atoms with Crippen LogP contribution >= 0.6 is 34.8 Å². The fourth-order valence-corrected chi connectivity index (χ4v) is 2.27. The van der Waals surface area contributed by atoms with E-state index in [2.05, 4.69) is 4.98 Å². The van der Waals surface area contributed by atoms with E-state index in [0.29, 0.717) is 21.2 Å². The first-order chi connectivity index (χ1) is 8.47. The number of aromatic nitrogens is 1. The standard InChI is InChI=1S/C12H6Cl3NO2/c13-7-3-6(4-8(14)5-7)9-1-2-10(12(17)18)16-11(9)15/h1-5H,(H,17,18). The molecule has 0 fully saturated rings. The lowest BCUT2D eigenvalue weighted by atomic mass is 10.1. The average molecular weight is 303 g/mol. The lowest BCUT2D eigenvalue weighted by Gasteiger charge is -2.06. The van der Waals surface area contributed by atoms with Gasteiger partial charge < -0.3 is 5.11 Å². The van der Waals surface area contributed by atoms with Gasteiger partial charge in [0.1, 0.15) is 10.8 Å². The van der Waals surface area contributed by atoms with Crippen LogP contribution in [0.25, 0.3) is 11.1 Å². The molecule has 1 aromatic carbocycles.